The van der Waals surface area contributed by atoms with Crippen LogP contribution in [0.25, 0.3) is 0 Å². The minimum Gasteiger partial charge on any atom is -0.324 e. The molecule has 0 fully saturated rings. The molecule has 3 nitrogen and oxygen atoms in total. The van der Waals surface area contributed by atoms with Gasteiger partial charge in [0.05, 0.1) is 16.8 Å². The van der Waals surface area contributed by atoms with E-state index in [1.165, 1.54) is 19.1 Å². The van der Waals surface area contributed by atoms with Crippen molar-refractivity contribution in [1.82, 2.24) is 0 Å². The van der Waals surface area contributed by atoms with E-state index in [1.807, 2.05) is 0 Å². The monoisotopic (exact) mass is 226 g/mol. The van der Waals surface area contributed by atoms with Crippen LogP contribution in [-0.2, 0) is 4.79 Å². The van der Waals surface area contributed by atoms with Crippen LogP contribution in [0, 0.1) is 24.1 Å². The van der Waals surface area contributed by atoms with Crippen LogP contribution in [0.4, 0.5) is 10.1 Å². The predicted octanol–water partition coefficient (Wildman–Crippen LogP) is 2.64. The molecular weight excluding hydrogens is 219 g/mol. The van der Waals surface area contributed by atoms with Crippen LogP contribution in [0.15, 0.2) is 12.1 Å². The topological polar surface area (TPSA) is 52.9 Å². The number of hydrogen-bond donors (Lipinski definition) is 1. The van der Waals surface area contributed by atoms with Gasteiger partial charge in [-0.2, -0.15) is 5.26 Å². The van der Waals surface area contributed by atoms with Gasteiger partial charge in [0.25, 0.3) is 0 Å². The van der Waals surface area contributed by atoms with Gasteiger partial charge in [0.2, 0.25) is 5.91 Å². The lowest BCUT2D eigenvalue weighted by Gasteiger charge is -2.08. The summed E-state index contributed by atoms with van der Waals surface area (Å²) >= 11 is 5.81. The molecule has 0 radical (unpaired) electrons. The number of hydrogen-bond acceptors (Lipinski definition) is 2. The molecule has 5 heteroatoms. The molecule has 0 unspecified atom stereocenters. The summed E-state index contributed by atoms with van der Waals surface area (Å²) < 4.78 is 13.0. The third-order valence-electron chi connectivity index (χ3n) is 1.83. The first-order valence-electron chi connectivity index (χ1n) is 4.17. The second-order valence-corrected chi connectivity index (χ2v) is 3.29. The highest BCUT2D eigenvalue weighted by Crippen LogP contribution is 2.27. The highest BCUT2D eigenvalue weighted by Gasteiger charge is 2.10. The van der Waals surface area contributed by atoms with Gasteiger partial charge in [-0.1, -0.05) is 11.6 Å². The second-order valence-electron chi connectivity index (χ2n) is 2.92. The van der Waals surface area contributed by atoms with Gasteiger partial charge < -0.3 is 5.32 Å². The average Bonchev–Trinajstić information content (AvgIpc) is 2.20. The van der Waals surface area contributed by atoms with E-state index in [1.54, 1.807) is 6.07 Å². The molecular formula is C10H8ClFN2O. The van der Waals surface area contributed by atoms with E-state index >= 15 is 0 Å². The molecule has 0 bridgehead atoms. The number of nitriles is 1. The summed E-state index contributed by atoms with van der Waals surface area (Å²) in [6, 6.07) is 4.28. The van der Waals surface area contributed by atoms with Crippen LogP contribution >= 0.6 is 11.6 Å². The molecule has 1 aromatic rings. The van der Waals surface area contributed by atoms with E-state index in [9.17, 15) is 9.18 Å². The molecule has 0 heterocycles. The molecule has 1 N–H and O–H groups in total. The third kappa shape index (κ3) is 2.67. The number of benzene rings is 1. The maximum atomic E-state index is 13.0. The van der Waals surface area contributed by atoms with Crippen LogP contribution in [0.5, 0.6) is 0 Å². The summed E-state index contributed by atoms with van der Waals surface area (Å²) in [4.78, 5) is 11.1. The standard InChI is InChI=1S/C10H8ClFN2O/c1-6-7(12)2-3-8(10(6)11)14-9(15)4-5-13/h2-3H,4H2,1H3,(H,14,15). The second kappa shape index (κ2) is 4.76. The first-order chi connectivity index (χ1) is 7.06. The summed E-state index contributed by atoms with van der Waals surface area (Å²) in [6.07, 6.45) is -0.257. The van der Waals surface area contributed by atoms with Crippen molar-refractivity contribution >= 4 is 23.2 Å². The number of nitrogens with one attached hydrogen (secondary N) is 1. The van der Waals surface area contributed by atoms with E-state index < -0.39 is 11.7 Å². The van der Waals surface area contributed by atoms with Gasteiger partial charge in [-0.05, 0) is 19.1 Å². The van der Waals surface area contributed by atoms with E-state index in [-0.39, 0.29) is 17.0 Å². The Labute approximate surface area is 91.5 Å². The van der Waals surface area contributed by atoms with Crippen LogP contribution in [0.1, 0.15) is 12.0 Å². The Morgan fingerprint density at radius 3 is 2.93 bits per heavy atom. The molecule has 0 aliphatic rings. The van der Waals surface area contributed by atoms with Crippen molar-refractivity contribution in [3.05, 3.63) is 28.5 Å². The summed E-state index contributed by atoms with van der Waals surface area (Å²) in [5, 5.41) is 10.9. The fourth-order valence-electron chi connectivity index (χ4n) is 1.02. The third-order valence-corrected chi connectivity index (χ3v) is 2.32. The lowest BCUT2D eigenvalue weighted by Crippen LogP contribution is -2.11. The van der Waals surface area contributed by atoms with Crippen molar-refractivity contribution in [3.8, 4) is 6.07 Å². The number of anilines is 1. The number of nitrogens with zero attached hydrogens (tertiary/aromatic N) is 1. The number of amides is 1. The van der Waals surface area contributed by atoms with Gasteiger partial charge in [-0.15, -0.1) is 0 Å². The zero-order chi connectivity index (χ0) is 11.4. The summed E-state index contributed by atoms with van der Waals surface area (Å²) in [7, 11) is 0. The van der Waals surface area contributed by atoms with Gasteiger partial charge in [-0.3, -0.25) is 4.79 Å². The molecule has 1 aromatic carbocycles. The maximum absolute atomic E-state index is 13.0. The molecule has 0 aliphatic carbocycles. The molecule has 1 rings (SSSR count). The highest BCUT2D eigenvalue weighted by molar-refractivity contribution is 6.34. The Hall–Kier alpha value is -1.60. The van der Waals surface area contributed by atoms with E-state index in [0.717, 1.165) is 0 Å². The number of rotatable bonds is 2. The van der Waals surface area contributed by atoms with Crippen LogP contribution in [-0.4, -0.2) is 5.91 Å². The van der Waals surface area contributed by atoms with Crippen molar-refractivity contribution < 1.29 is 9.18 Å². The maximum Gasteiger partial charge on any atom is 0.238 e. The van der Waals surface area contributed by atoms with Gasteiger partial charge >= 0.3 is 0 Å². The smallest absolute Gasteiger partial charge is 0.238 e. The molecule has 15 heavy (non-hydrogen) atoms. The van der Waals surface area contributed by atoms with Crippen molar-refractivity contribution in [2.24, 2.45) is 0 Å². The van der Waals surface area contributed by atoms with E-state index in [4.69, 9.17) is 16.9 Å². The largest absolute Gasteiger partial charge is 0.324 e. The molecule has 78 valence electrons. The summed E-state index contributed by atoms with van der Waals surface area (Å²) in [5.74, 6) is -0.899. The molecule has 0 atom stereocenters. The van der Waals surface area contributed by atoms with Crippen molar-refractivity contribution in [3.63, 3.8) is 0 Å². The summed E-state index contributed by atoms with van der Waals surface area (Å²) in [6.45, 7) is 1.51. The molecule has 0 aliphatic heterocycles. The van der Waals surface area contributed by atoms with E-state index in [2.05, 4.69) is 5.32 Å². The number of carbonyl (C=O) groups excluding carboxylic acids is 1. The Balaban J connectivity index is 2.93. The molecule has 0 saturated heterocycles. The minimum atomic E-state index is -0.467. The fourth-order valence-corrected chi connectivity index (χ4v) is 1.22. The predicted molar refractivity (Wildman–Crippen MR) is 55.0 cm³/mol. The van der Waals surface area contributed by atoms with Crippen molar-refractivity contribution in [2.75, 3.05) is 5.32 Å². The molecule has 1 amide bonds. The lowest BCUT2D eigenvalue weighted by atomic mass is 10.2. The quantitative estimate of drug-likeness (QED) is 0.843. The first-order valence-corrected chi connectivity index (χ1v) is 4.55. The Bertz CT molecular complexity index is 440. The number of halogens is 2. The first kappa shape index (κ1) is 11.5. The van der Waals surface area contributed by atoms with Gasteiger partial charge in [0.1, 0.15) is 12.2 Å². The minimum absolute atomic E-state index is 0.154. The van der Waals surface area contributed by atoms with Crippen LogP contribution < -0.4 is 5.32 Å². The zero-order valence-corrected chi connectivity index (χ0v) is 8.73. The SMILES string of the molecule is Cc1c(F)ccc(NC(=O)CC#N)c1Cl. The normalized spacial score (nSPS) is 9.47. The van der Waals surface area contributed by atoms with Gasteiger partial charge in [0, 0.05) is 5.56 Å². The average molecular weight is 227 g/mol. The Kier molecular flexibility index (Phi) is 3.64. The Morgan fingerprint density at radius 2 is 2.33 bits per heavy atom. The molecule has 0 saturated carbocycles. The van der Waals surface area contributed by atoms with Gasteiger partial charge in [0.15, 0.2) is 0 Å². The molecule has 0 aromatic heterocycles. The van der Waals surface area contributed by atoms with Crippen molar-refractivity contribution in [2.45, 2.75) is 13.3 Å². The molecule has 0 spiro atoms. The summed E-state index contributed by atoms with van der Waals surface area (Å²) in [5.41, 5.74) is 0.585. The Morgan fingerprint density at radius 1 is 1.67 bits per heavy atom. The fraction of sp³-hybridized carbons (Fsp3) is 0.200. The van der Waals surface area contributed by atoms with Gasteiger partial charge in [-0.25, -0.2) is 4.39 Å². The number of carbonyl (C=O) groups is 1. The van der Waals surface area contributed by atoms with E-state index in [0.29, 0.717) is 5.69 Å². The lowest BCUT2D eigenvalue weighted by molar-refractivity contribution is -0.115. The van der Waals surface area contributed by atoms with Crippen LogP contribution in [0.2, 0.25) is 5.02 Å². The van der Waals surface area contributed by atoms with Crippen LogP contribution in [0.3, 0.4) is 0 Å². The van der Waals surface area contributed by atoms with Crippen molar-refractivity contribution in [1.29, 1.82) is 5.26 Å². The zero-order valence-electron chi connectivity index (χ0n) is 7.97. The highest BCUT2D eigenvalue weighted by atomic mass is 35.5.